The van der Waals surface area contributed by atoms with Crippen molar-refractivity contribution >= 4 is 41.2 Å². The zero-order chi connectivity index (χ0) is 20.1. The van der Waals surface area contributed by atoms with Gasteiger partial charge in [0.1, 0.15) is 0 Å². The van der Waals surface area contributed by atoms with Gasteiger partial charge in [0.2, 0.25) is 0 Å². The number of hydrogen-bond acceptors (Lipinski definition) is 3. The average molecular weight is 373 g/mol. The number of fused-ring (bicyclic) bond motifs is 2. The van der Waals surface area contributed by atoms with E-state index >= 15 is 0 Å². The van der Waals surface area contributed by atoms with Gasteiger partial charge in [0.15, 0.2) is 0 Å². The monoisotopic (exact) mass is 373 g/mol. The molecule has 2 amide bonds. The third-order valence-corrected chi connectivity index (χ3v) is 4.18. The number of hydrogen-bond donors (Lipinski definition) is 3. The highest BCUT2D eigenvalue weighted by molar-refractivity contribution is 6.04. The van der Waals surface area contributed by atoms with Crippen LogP contribution in [-0.2, 0) is 0 Å². The van der Waals surface area contributed by atoms with E-state index in [0.29, 0.717) is 5.69 Å². The number of nitrogens with zero attached hydrogens (tertiary/aromatic N) is 1. The number of primary amides is 1. The van der Waals surface area contributed by atoms with Crippen molar-refractivity contribution in [1.82, 2.24) is 0 Å². The number of rotatable bonds is 1. The number of anilines is 3. The standard InChI is InChI=1S/C15H12N2O.C7H7NO2/c16-15(18)17-13-7-3-1-5-11(13)9-10-12-6-2-4-8-14(12)17;8-6-3-1-5(2-4-6)7(9)10/h1-10H,(H2,16,18);1-4H,8H2,(H,9,10). The van der Waals surface area contributed by atoms with Gasteiger partial charge >= 0.3 is 12.0 Å². The second-order valence-corrected chi connectivity index (χ2v) is 6.05. The van der Waals surface area contributed by atoms with E-state index in [2.05, 4.69) is 0 Å². The molecule has 0 bridgehead atoms. The molecule has 0 unspecified atom stereocenters. The van der Waals surface area contributed by atoms with Crippen molar-refractivity contribution in [2.75, 3.05) is 10.6 Å². The summed E-state index contributed by atoms with van der Waals surface area (Å²) in [6, 6.07) is 21.0. The van der Waals surface area contributed by atoms with Crippen molar-refractivity contribution in [3.05, 3.63) is 89.5 Å². The van der Waals surface area contributed by atoms with E-state index in [1.807, 2.05) is 60.7 Å². The Kier molecular flexibility index (Phi) is 5.41. The van der Waals surface area contributed by atoms with E-state index in [-0.39, 0.29) is 5.56 Å². The number of urea groups is 1. The van der Waals surface area contributed by atoms with E-state index in [9.17, 15) is 9.59 Å². The first-order chi connectivity index (χ1) is 13.5. The second kappa shape index (κ2) is 8.09. The highest BCUT2D eigenvalue weighted by Gasteiger charge is 2.21. The Bertz CT molecular complexity index is 993. The number of para-hydroxylation sites is 2. The van der Waals surface area contributed by atoms with Crippen molar-refractivity contribution in [1.29, 1.82) is 0 Å². The molecule has 0 aromatic heterocycles. The highest BCUT2D eigenvalue weighted by atomic mass is 16.4. The Labute approximate surface area is 162 Å². The quantitative estimate of drug-likeness (QED) is 0.551. The molecule has 1 heterocycles. The number of carboxylic acids is 1. The number of carbonyl (C=O) groups excluding carboxylic acids is 1. The van der Waals surface area contributed by atoms with Crippen molar-refractivity contribution < 1.29 is 14.7 Å². The van der Waals surface area contributed by atoms with Crippen LogP contribution in [-0.4, -0.2) is 17.1 Å². The smallest absolute Gasteiger partial charge is 0.335 e. The van der Waals surface area contributed by atoms with Gasteiger partial charge in [0.25, 0.3) is 0 Å². The van der Waals surface area contributed by atoms with Gasteiger partial charge in [-0.2, -0.15) is 0 Å². The van der Waals surface area contributed by atoms with E-state index in [1.165, 1.54) is 12.1 Å². The first-order valence-corrected chi connectivity index (χ1v) is 8.52. The van der Waals surface area contributed by atoms with Crippen LogP contribution < -0.4 is 16.4 Å². The zero-order valence-electron chi connectivity index (χ0n) is 14.9. The van der Waals surface area contributed by atoms with Crippen molar-refractivity contribution in [3.8, 4) is 0 Å². The summed E-state index contributed by atoms with van der Waals surface area (Å²) in [5.74, 6) is -0.931. The van der Waals surface area contributed by atoms with Crippen LogP contribution in [0.1, 0.15) is 21.5 Å². The predicted octanol–water partition coefficient (Wildman–Crippen LogP) is 4.35. The fourth-order valence-corrected chi connectivity index (χ4v) is 2.84. The molecule has 0 spiro atoms. The minimum absolute atomic E-state index is 0.259. The largest absolute Gasteiger partial charge is 0.478 e. The molecule has 0 fully saturated rings. The van der Waals surface area contributed by atoms with Crippen LogP contribution in [0.3, 0.4) is 0 Å². The summed E-state index contributed by atoms with van der Waals surface area (Å²) in [5, 5.41) is 8.43. The van der Waals surface area contributed by atoms with Crippen molar-refractivity contribution in [2.45, 2.75) is 0 Å². The molecular weight excluding hydrogens is 354 g/mol. The van der Waals surface area contributed by atoms with Crippen LogP contribution in [0, 0.1) is 0 Å². The van der Waals surface area contributed by atoms with Gasteiger partial charge in [0, 0.05) is 5.69 Å². The molecule has 6 nitrogen and oxygen atoms in total. The number of benzene rings is 3. The summed E-state index contributed by atoms with van der Waals surface area (Å²) in [6.07, 6.45) is 3.99. The van der Waals surface area contributed by atoms with Crippen LogP contribution >= 0.6 is 0 Å². The molecule has 6 heteroatoms. The van der Waals surface area contributed by atoms with Crippen LogP contribution in [0.15, 0.2) is 72.8 Å². The summed E-state index contributed by atoms with van der Waals surface area (Å²) in [7, 11) is 0. The second-order valence-electron chi connectivity index (χ2n) is 6.05. The lowest BCUT2D eigenvalue weighted by atomic mass is 10.1. The summed E-state index contributed by atoms with van der Waals surface area (Å²) in [5.41, 5.74) is 15.3. The molecular formula is C22H19N3O3. The maximum Gasteiger partial charge on any atom is 0.335 e. The average Bonchev–Trinajstić information content (AvgIpc) is 2.85. The minimum atomic E-state index is -0.931. The lowest BCUT2D eigenvalue weighted by Gasteiger charge is -2.22. The maximum absolute atomic E-state index is 11.8. The van der Waals surface area contributed by atoms with Gasteiger partial charge in [-0.05, 0) is 47.5 Å². The molecule has 28 heavy (non-hydrogen) atoms. The Morgan fingerprint density at radius 3 is 1.64 bits per heavy atom. The summed E-state index contributed by atoms with van der Waals surface area (Å²) < 4.78 is 0. The Hall–Kier alpha value is -4.06. The molecule has 0 aliphatic carbocycles. The SMILES string of the molecule is NC(=O)N1c2ccccc2C=Cc2ccccc21.Nc1ccc(C(=O)O)cc1. The van der Waals surface area contributed by atoms with E-state index in [0.717, 1.165) is 22.5 Å². The molecule has 140 valence electrons. The normalized spacial score (nSPS) is 11.4. The first kappa shape index (κ1) is 18.7. The van der Waals surface area contributed by atoms with Gasteiger partial charge in [-0.25, -0.2) is 9.59 Å². The van der Waals surface area contributed by atoms with Crippen molar-refractivity contribution in [3.63, 3.8) is 0 Å². The van der Waals surface area contributed by atoms with Crippen LogP contribution in [0.25, 0.3) is 12.2 Å². The van der Waals surface area contributed by atoms with Crippen LogP contribution in [0.4, 0.5) is 21.9 Å². The van der Waals surface area contributed by atoms with Crippen LogP contribution in [0.5, 0.6) is 0 Å². The van der Waals surface area contributed by atoms with Gasteiger partial charge in [-0.3, -0.25) is 4.90 Å². The number of aromatic carboxylic acids is 1. The fourth-order valence-electron chi connectivity index (χ4n) is 2.84. The van der Waals surface area contributed by atoms with Crippen molar-refractivity contribution in [2.24, 2.45) is 5.73 Å². The molecule has 3 aromatic rings. The van der Waals surface area contributed by atoms with E-state index in [1.54, 1.807) is 17.0 Å². The molecule has 3 aromatic carbocycles. The molecule has 5 N–H and O–H groups in total. The molecule has 1 aliphatic rings. The number of nitrogens with two attached hydrogens (primary N) is 2. The number of nitrogen functional groups attached to an aromatic ring is 1. The number of carboxylic acid groups (broad SMARTS) is 1. The molecule has 1 aliphatic heterocycles. The lowest BCUT2D eigenvalue weighted by Crippen LogP contribution is -2.32. The maximum atomic E-state index is 11.8. The van der Waals surface area contributed by atoms with E-state index < -0.39 is 12.0 Å². The van der Waals surface area contributed by atoms with Gasteiger partial charge in [-0.15, -0.1) is 0 Å². The molecule has 0 atom stereocenters. The topological polar surface area (TPSA) is 110 Å². The molecule has 4 rings (SSSR count). The third kappa shape index (κ3) is 4.02. The van der Waals surface area contributed by atoms with Gasteiger partial charge in [0.05, 0.1) is 16.9 Å². The van der Waals surface area contributed by atoms with Crippen LogP contribution in [0.2, 0.25) is 0 Å². The molecule has 0 saturated carbocycles. The Morgan fingerprint density at radius 1 is 0.750 bits per heavy atom. The predicted molar refractivity (Wildman–Crippen MR) is 111 cm³/mol. The zero-order valence-corrected chi connectivity index (χ0v) is 14.9. The van der Waals surface area contributed by atoms with Gasteiger partial charge in [-0.1, -0.05) is 48.6 Å². The molecule has 0 saturated heterocycles. The summed E-state index contributed by atoms with van der Waals surface area (Å²) in [4.78, 5) is 23.6. The lowest BCUT2D eigenvalue weighted by molar-refractivity contribution is 0.0697. The molecule has 0 radical (unpaired) electrons. The van der Waals surface area contributed by atoms with Gasteiger partial charge < -0.3 is 16.6 Å². The first-order valence-electron chi connectivity index (χ1n) is 8.52. The number of amides is 2. The third-order valence-electron chi connectivity index (χ3n) is 4.18. The number of carbonyl (C=O) groups is 2. The summed E-state index contributed by atoms with van der Waals surface area (Å²) in [6.45, 7) is 0. The Balaban J connectivity index is 0.000000192. The Morgan fingerprint density at radius 2 is 1.21 bits per heavy atom. The van der Waals surface area contributed by atoms with E-state index in [4.69, 9.17) is 16.6 Å². The summed E-state index contributed by atoms with van der Waals surface area (Å²) >= 11 is 0. The fraction of sp³-hybridized carbons (Fsp3) is 0. The highest BCUT2D eigenvalue weighted by Crippen LogP contribution is 2.35. The minimum Gasteiger partial charge on any atom is -0.478 e.